The SMILES string of the molecule is O=C(N/C=C/c1cccc(Cl)c1)Nc1cccc(Br)c1. The Balaban J connectivity index is 1.89. The van der Waals surface area contributed by atoms with Gasteiger partial charge >= 0.3 is 6.03 Å². The van der Waals surface area contributed by atoms with Gasteiger partial charge in [-0.2, -0.15) is 0 Å². The molecule has 20 heavy (non-hydrogen) atoms. The molecule has 0 aliphatic heterocycles. The van der Waals surface area contributed by atoms with Gasteiger partial charge in [0.25, 0.3) is 0 Å². The fourth-order valence-electron chi connectivity index (χ4n) is 1.56. The lowest BCUT2D eigenvalue weighted by Gasteiger charge is -2.04. The molecule has 0 bridgehead atoms. The molecule has 0 radical (unpaired) electrons. The van der Waals surface area contributed by atoms with Crippen LogP contribution in [0.25, 0.3) is 6.08 Å². The van der Waals surface area contributed by atoms with E-state index < -0.39 is 0 Å². The highest BCUT2D eigenvalue weighted by Crippen LogP contribution is 2.15. The number of hydrogen-bond donors (Lipinski definition) is 2. The molecule has 2 amide bonds. The van der Waals surface area contributed by atoms with Gasteiger partial charge in [0.15, 0.2) is 0 Å². The predicted molar refractivity (Wildman–Crippen MR) is 86.8 cm³/mol. The zero-order chi connectivity index (χ0) is 14.4. The second-order valence-corrected chi connectivity index (χ2v) is 5.35. The lowest BCUT2D eigenvalue weighted by molar-refractivity contribution is 0.255. The van der Waals surface area contributed by atoms with E-state index in [1.165, 1.54) is 0 Å². The lowest BCUT2D eigenvalue weighted by Crippen LogP contribution is -2.23. The first kappa shape index (κ1) is 14.6. The van der Waals surface area contributed by atoms with Gasteiger partial charge in [-0.05, 0) is 42.0 Å². The molecule has 0 atom stereocenters. The maximum absolute atomic E-state index is 11.7. The van der Waals surface area contributed by atoms with Crippen LogP contribution in [0.5, 0.6) is 0 Å². The zero-order valence-corrected chi connectivity index (χ0v) is 12.8. The summed E-state index contributed by atoms with van der Waals surface area (Å²) in [6.45, 7) is 0. The third kappa shape index (κ3) is 4.72. The van der Waals surface area contributed by atoms with Crippen LogP contribution >= 0.6 is 27.5 Å². The van der Waals surface area contributed by atoms with Crippen molar-refractivity contribution in [3.63, 3.8) is 0 Å². The quantitative estimate of drug-likeness (QED) is 0.811. The maximum atomic E-state index is 11.7. The van der Waals surface area contributed by atoms with Crippen molar-refractivity contribution in [1.82, 2.24) is 5.32 Å². The van der Waals surface area contributed by atoms with E-state index >= 15 is 0 Å². The minimum atomic E-state index is -0.304. The number of rotatable bonds is 3. The molecule has 3 nitrogen and oxygen atoms in total. The van der Waals surface area contributed by atoms with Gasteiger partial charge in [0.1, 0.15) is 0 Å². The van der Waals surface area contributed by atoms with Crippen LogP contribution in [0.15, 0.2) is 59.2 Å². The summed E-state index contributed by atoms with van der Waals surface area (Å²) < 4.78 is 0.907. The first-order chi connectivity index (χ1) is 9.63. The predicted octanol–water partition coefficient (Wildman–Crippen LogP) is 4.89. The van der Waals surface area contributed by atoms with Crippen LogP contribution in [0.4, 0.5) is 10.5 Å². The minimum Gasteiger partial charge on any atom is -0.314 e. The molecule has 2 aromatic carbocycles. The molecule has 0 saturated heterocycles. The molecule has 5 heteroatoms. The van der Waals surface area contributed by atoms with Crippen LogP contribution in [0.1, 0.15) is 5.56 Å². The van der Waals surface area contributed by atoms with Gasteiger partial charge in [-0.25, -0.2) is 4.79 Å². The summed E-state index contributed by atoms with van der Waals surface area (Å²) in [7, 11) is 0. The van der Waals surface area contributed by atoms with Crippen molar-refractivity contribution in [2.24, 2.45) is 0 Å². The number of anilines is 1. The number of halogens is 2. The van der Waals surface area contributed by atoms with Crippen molar-refractivity contribution in [1.29, 1.82) is 0 Å². The van der Waals surface area contributed by atoms with Crippen LogP contribution in [0, 0.1) is 0 Å². The number of hydrogen-bond acceptors (Lipinski definition) is 1. The van der Waals surface area contributed by atoms with E-state index in [0.29, 0.717) is 10.7 Å². The van der Waals surface area contributed by atoms with E-state index in [9.17, 15) is 4.79 Å². The number of nitrogens with one attached hydrogen (secondary N) is 2. The number of urea groups is 1. The van der Waals surface area contributed by atoms with Crippen LogP contribution < -0.4 is 10.6 Å². The Morgan fingerprint density at radius 3 is 2.70 bits per heavy atom. The number of amides is 2. The number of benzene rings is 2. The normalized spacial score (nSPS) is 10.5. The summed E-state index contributed by atoms with van der Waals surface area (Å²) in [4.78, 5) is 11.7. The van der Waals surface area contributed by atoms with Crippen LogP contribution in [0.3, 0.4) is 0 Å². The standard InChI is InChI=1S/C15H12BrClN2O/c16-12-4-2-6-14(10-12)19-15(20)18-8-7-11-3-1-5-13(17)9-11/h1-10H,(H2,18,19,20)/b8-7+. The monoisotopic (exact) mass is 350 g/mol. The van der Waals surface area contributed by atoms with E-state index in [1.54, 1.807) is 18.3 Å². The number of carbonyl (C=O) groups excluding carboxylic acids is 1. The zero-order valence-electron chi connectivity index (χ0n) is 10.4. The Hall–Kier alpha value is -1.78. The molecule has 0 spiro atoms. The summed E-state index contributed by atoms with van der Waals surface area (Å²) in [6.07, 6.45) is 3.34. The van der Waals surface area contributed by atoms with Gasteiger partial charge in [0.05, 0.1) is 0 Å². The fraction of sp³-hybridized carbons (Fsp3) is 0. The lowest BCUT2D eigenvalue weighted by atomic mass is 10.2. The molecule has 0 aliphatic carbocycles. The largest absolute Gasteiger partial charge is 0.323 e. The van der Waals surface area contributed by atoms with Crippen LogP contribution in [-0.4, -0.2) is 6.03 Å². The van der Waals surface area contributed by atoms with E-state index in [2.05, 4.69) is 26.6 Å². The molecule has 0 aromatic heterocycles. The van der Waals surface area contributed by atoms with Gasteiger partial charge in [-0.15, -0.1) is 0 Å². The van der Waals surface area contributed by atoms with Crippen LogP contribution in [-0.2, 0) is 0 Å². The van der Waals surface area contributed by atoms with Crippen LogP contribution in [0.2, 0.25) is 5.02 Å². The van der Waals surface area contributed by atoms with E-state index in [4.69, 9.17) is 11.6 Å². The second-order valence-electron chi connectivity index (χ2n) is 4.00. The Kier molecular flexibility index (Phi) is 5.21. The minimum absolute atomic E-state index is 0.304. The van der Waals surface area contributed by atoms with E-state index in [0.717, 1.165) is 10.0 Å². The van der Waals surface area contributed by atoms with Crippen molar-refractivity contribution in [2.75, 3.05) is 5.32 Å². The molecular formula is C15H12BrClN2O. The molecular weight excluding hydrogens is 340 g/mol. The number of carbonyl (C=O) groups is 1. The smallest absolute Gasteiger partial charge is 0.314 e. The second kappa shape index (κ2) is 7.12. The van der Waals surface area contributed by atoms with Gasteiger partial charge in [0.2, 0.25) is 0 Å². The molecule has 2 rings (SSSR count). The van der Waals surface area contributed by atoms with Gasteiger partial charge in [0, 0.05) is 21.4 Å². The van der Waals surface area contributed by atoms with Gasteiger partial charge in [-0.3, -0.25) is 0 Å². The first-order valence-corrected chi connectivity index (χ1v) is 7.06. The van der Waals surface area contributed by atoms with Crippen molar-refractivity contribution in [3.05, 3.63) is 69.8 Å². The Bertz CT molecular complexity index is 643. The summed E-state index contributed by atoms with van der Waals surface area (Å²) >= 11 is 9.21. The highest BCUT2D eigenvalue weighted by atomic mass is 79.9. The Labute approximate surface area is 130 Å². The highest BCUT2D eigenvalue weighted by Gasteiger charge is 1.99. The Morgan fingerprint density at radius 2 is 1.95 bits per heavy atom. The maximum Gasteiger partial charge on any atom is 0.323 e. The van der Waals surface area contributed by atoms with E-state index in [-0.39, 0.29) is 6.03 Å². The fourth-order valence-corrected chi connectivity index (χ4v) is 2.16. The third-order valence-electron chi connectivity index (χ3n) is 2.42. The molecule has 0 saturated carbocycles. The van der Waals surface area contributed by atoms with Gasteiger partial charge in [-0.1, -0.05) is 45.7 Å². The summed E-state index contributed by atoms with van der Waals surface area (Å²) in [6, 6.07) is 14.4. The third-order valence-corrected chi connectivity index (χ3v) is 3.15. The molecule has 0 fully saturated rings. The molecule has 2 N–H and O–H groups in total. The molecule has 102 valence electrons. The van der Waals surface area contributed by atoms with Gasteiger partial charge < -0.3 is 10.6 Å². The topological polar surface area (TPSA) is 41.1 Å². The average molecular weight is 352 g/mol. The molecule has 0 aliphatic rings. The molecule has 2 aromatic rings. The highest BCUT2D eigenvalue weighted by molar-refractivity contribution is 9.10. The van der Waals surface area contributed by atoms with Crippen molar-refractivity contribution in [3.8, 4) is 0 Å². The Morgan fingerprint density at radius 1 is 1.15 bits per heavy atom. The first-order valence-electron chi connectivity index (χ1n) is 5.89. The summed E-state index contributed by atoms with van der Waals surface area (Å²) in [5.74, 6) is 0. The van der Waals surface area contributed by atoms with Crippen molar-refractivity contribution in [2.45, 2.75) is 0 Å². The molecule has 0 unspecified atom stereocenters. The van der Waals surface area contributed by atoms with Crippen molar-refractivity contribution >= 4 is 45.3 Å². The summed E-state index contributed by atoms with van der Waals surface area (Å²) in [5.41, 5.74) is 1.63. The van der Waals surface area contributed by atoms with Crippen molar-refractivity contribution < 1.29 is 4.79 Å². The summed E-state index contributed by atoms with van der Waals surface area (Å²) in [5, 5.41) is 6.01. The average Bonchev–Trinajstić information content (AvgIpc) is 2.38. The molecule has 0 heterocycles. The van der Waals surface area contributed by atoms with E-state index in [1.807, 2.05) is 42.5 Å².